The molecule has 0 spiro atoms. The monoisotopic (exact) mass is 392 g/mol. The van der Waals surface area contributed by atoms with Crippen LogP contribution in [0.3, 0.4) is 0 Å². The lowest BCUT2D eigenvalue weighted by atomic mass is 9.96. The van der Waals surface area contributed by atoms with Gasteiger partial charge in [-0.15, -0.1) is 0 Å². The SMILES string of the molecule is CCOC(=O)C(=Cc1ccccc1C(=O)OC)C(=O)C(CC)(OCC)OCC. The fourth-order valence-corrected chi connectivity index (χ4v) is 2.71. The second-order valence-corrected chi connectivity index (χ2v) is 5.66. The van der Waals surface area contributed by atoms with Gasteiger partial charge in [0.25, 0.3) is 0 Å². The number of hydrogen-bond donors (Lipinski definition) is 0. The van der Waals surface area contributed by atoms with E-state index in [9.17, 15) is 14.4 Å². The van der Waals surface area contributed by atoms with Gasteiger partial charge in [0.2, 0.25) is 11.6 Å². The molecule has 0 unspecified atom stereocenters. The van der Waals surface area contributed by atoms with Gasteiger partial charge in [0.1, 0.15) is 5.57 Å². The third-order valence-electron chi connectivity index (χ3n) is 3.97. The average Bonchev–Trinajstić information content (AvgIpc) is 2.71. The van der Waals surface area contributed by atoms with Crippen LogP contribution in [0, 0.1) is 0 Å². The zero-order valence-corrected chi connectivity index (χ0v) is 17.1. The Bertz CT molecular complexity index is 715. The molecule has 7 nitrogen and oxygen atoms in total. The minimum atomic E-state index is -1.61. The van der Waals surface area contributed by atoms with E-state index in [1.807, 2.05) is 0 Å². The Balaban J connectivity index is 3.57. The topological polar surface area (TPSA) is 88.1 Å². The molecule has 1 aromatic carbocycles. The molecule has 0 amide bonds. The molecule has 0 bridgehead atoms. The molecule has 0 aromatic heterocycles. The van der Waals surface area contributed by atoms with Crippen LogP contribution in [0.4, 0.5) is 0 Å². The minimum absolute atomic E-state index is 0.0878. The molecule has 7 heteroatoms. The Kier molecular flexibility index (Phi) is 9.55. The standard InChI is InChI=1S/C21H28O7/c1-6-21(27-8-3,28-9-4)18(22)17(20(24)26-7-2)14-15-12-10-11-13-16(15)19(23)25-5/h10-14H,6-9H2,1-5H3. The largest absolute Gasteiger partial charge is 0.465 e. The summed E-state index contributed by atoms with van der Waals surface area (Å²) in [6.07, 6.45) is 1.51. The van der Waals surface area contributed by atoms with Crippen LogP contribution in [0.1, 0.15) is 50.0 Å². The first-order valence-corrected chi connectivity index (χ1v) is 9.29. The lowest BCUT2D eigenvalue weighted by Gasteiger charge is -2.31. The minimum Gasteiger partial charge on any atom is -0.465 e. The van der Waals surface area contributed by atoms with E-state index in [0.717, 1.165) is 0 Å². The molecule has 1 aromatic rings. The van der Waals surface area contributed by atoms with Crippen molar-refractivity contribution in [1.82, 2.24) is 0 Å². The lowest BCUT2D eigenvalue weighted by Crippen LogP contribution is -2.46. The van der Waals surface area contributed by atoms with Crippen molar-refractivity contribution in [3.05, 3.63) is 41.0 Å². The summed E-state index contributed by atoms with van der Waals surface area (Å²) in [4.78, 5) is 37.9. The lowest BCUT2D eigenvalue weighted by molar-refractivity contribution is -0.224. The third kappa shape index (κ3) is 5.50. The summed E-state index contributed by atoms with van der Waals surface area (Å²) in [6.45, 7) is 7.36. The zero-order chi connectivity index (χ0) is 21.2. The molecule has 154 valence electrons. The Morgan fingerprint density at radius 3 is 2.07 bits per heavy atom. The van der Waals surface area contributed by atoms with Crippen molar-refractivity contribution in [3.63, 3.8) is 0 Å². The van der Waals surface area contributed by atoms with Gasteiger partial charge in [-0.25, -0.2) is 9.59 Å². The van der Waals surface area contributed by atoms with Gasteiger partial charge in [-0.1, -0.05) is 25.1 Å². The normalized spacial score (nSPS) is 11.8. The maximum Gasteiger partial charge on any atom is 0.342 e. The van der Waals surface area contributed by atoms with Crippen molar-refractivity contribution in [3.8, 4) is 0 Å². The van der Waals surface area contributed by atoms with E-state index >= 15 is 0 Å². The zero-order valence-electron chi connectivity index (χ0n) is 17.1. The predicted octanol–water partition coefficient (Wildman–Crippen LogP) is 3.17. The second-order valence-electron chi connectivity index (χ2n) is 5.66. The molecule has 0 N–H and O–H groups in total. The van der Waals surface area contributed by atoms with Crippen molar-refractivity contribution < 1.29 is 33.3 Å². The highest BCUT2D eigenvalue weighted by molar-refractivity contribution is 6.23. The summed E-state index contributed by atoms with van der Waals surface area (Å²) >= 11 is 0. The van der Waals surface area contributed by atoms with E-state index in [0.29, 0.717) is 5.56 Å². The van der Waals surface area contributed by atoms with Gasteiger partial charge < -0.3 is 18.9 Å². The highest BCUT2D eigenvalue weighted by atomic mass is 16.7. The van der Waals surface area contributed by atoms with Crippen molar-refractivity contribution in [2.75, 3.05) is 26.9 Å². The van der Waals surface area contributed by atoms with E-state index in [-0.39, 0.29) is 37.4 Å². The molecule has 0 saturated carbocycles. The van der Waals surface area contributed by atoms with E-state index in [1.165, 1.54) is 13.2 Å². The molecule has 0 heterocycles. The fourth-order valence-electron chi connectivity index (χ4n) is 2.71. The number of ketones is 1. The Morgan fingerprint density at radius 2 is 1.57 bits per heavy atom. The number of carbonyl (C=O) groups excluding carboxylic acids is 3. The van der Waals surface area contributed by atoms with Gasteiger partial charge >= 0.3 is 11.9 Å². The molecule has 1 rings (SSSR count). The van der Waals surface area contributed by atoms with Crippen molar-refractivity contribution >= 4 is 23.8 Å². The highest BCUT2D eigenvalue weighted by Gasteiger charge is 2.42. The van der Waals surface area contributed by atoms with E-state index < -0.39 is 23.5 Å². The summed E-state index contributed by atoms with van der Waals surface area (Å²) in [5.74, 6) is -3.66. The van der Waals surface area contributed by atoms with E-state index in [1.54, 1.807) is 52.0 Å². The number of ether oxygens (including phenoxy) is 4. The van der Waals surface area contributed by atoms with Crippen LogP contribution < -0.4 is 0 Å². The molecule has 0 aliphatic heterocycles. The van der Waals surface area contributed by atoms with Crippen molar-refractivity contribution in [1.29, 1.82) is 0 Å². The van der Waals surface area contributed by atoms with E-state index in [2.05, 4.69) is 0 Å². The van der Waals surface area contributed by atoms with Crippen LogP contribution >= 0.6 is 0 Å². The molecule has 28 heavy (non-hydrogen) atoms. The molecule has 0 aliphatic rings. The van der Waals surface area contributed by atoms with Crippen LogP contribution in [-0.2, 0) is 28.5 Å². The molecular formula is C21H28O7. The van der Waals surface area contributed by atoms with Crippen LogP contribution in [0.25, 0.3) is 6.08 Å². The number of carbonyl (C=O) groups is 3. The quantitative estimate of drug-likeness (QED) is 0.188. The summed E-state index contributed by atoms with van der Waals surface area (Å²) < 4.78 is 21.1. The smallest absolute Gasteiger partial charge is 0.342 e. The predicted molar refractivity (Wildman–Crippen MR) is 104 cm³/mol. The maximum absolute atomic E-state index is 13.3. The number of methoxy groups -OCH3 is 1. The van der Waals surface area contributed by atoms with Gasteiger partial charge in [0, 0.05) is 19.6 Å². The molecule has 0 fully saturated rings. The number of esters is 2. The fraction of sp³-hybridized carbons (Fsp3) is 0.476. The molecule has 0 radical (unpaired) electrons. The number of rotatable bonds is 11. The first-order chi connectivity index (χ1) is 13.4. The first kappa shape index (κ1) is 23.5. The maximum atomic E-state index is 13.3. The Labute approximate surface area is 165 Å². The van der Waals surface area contributed by atoms with Gasteiger partial charge in [-0.2, -0.15) is 0 Å². The van der Waals surface area contributed by atoms with Gasteiger partial charge in [0.05, 0.1) is 19.3 Å². The van der Waals surface area contributed by atoms with Crippen LogP contribution in [0.15, 0.2) is 29.8 Å². The van der Waals surface area contributed by atoms with Gasteiger partial charge in [-0.05, 0) is 38.5 Å². The second kappa shape index (κ2) is 11.4. The van der Waals surface area contributed by atoms with Gasteiger partial charge in [-0.3, -0.25) is 4.79 Å². The van der Waals surface area contributed by atoms with E-state index in [4.69, 9.17) is 18.9 Å². The molecule has 0 atom stereocenters. The number of Topliss-reactive ketones (excluding diaryl/α,β-unsaturated/α-hetero) is 1. The van der Waals surface area contributed by atoms with Crippen LogP contribution in [0.5, 0.6) is 0 Å². The van der Waals surface area contributed by atoms with Gasteiger partial charge in [0.15, 0.2) is 0 Å². The average molecular weight is 392 g/mol. The summed E-state index contributed by atoms with van der Waals surface area (Å²) in [6, 6.07) is 6.49. The highest BCUT2D eigenvalue weighted by Crippen LogP contribution is 2.26. The number of benzene rings is 1. The molecular weight excluding hydrogens is 364 g/mol. The Morgan fingerprint density at radius 1 is 0.964 bits per heavy atom. The molecule has 0 aliphatic carbocycles. The summed E-state index contributed by atoms with van der Waals surface area (Å²) in [7, 11) is 1.26. The van der Waals surface area contributed by atoms with Crippen LogP contribution in [-0.4, -0.2) is 50.4 Å². The third-order valence-corrected chi connectivity index (χ3v) is 3.97. The first-order valence-electron chi connectivity index (χ1n) is 9.29. The number of hydrogen-bond acceptors (Lipinski definition) is 7. The summed E-state index contributed by atoms with van der Waals surface area (Å²) in [5.41, 5.74) is 0.306. The Hall–Kier alpha value is -2.51. The summed E-state index contributed by atoms with van der Waals surface area (Å²) in [5, 5.41) is 0. The van der Waals surface area contributed by atoms with Crippen LogP contribution in [0.2, 0.25) is 0 Å². The van der Waals surface area contributed by atoms with Crippen molar-refractivity contribution in [2.24, 2.45) is 0 Å². The molecule has 0 saturated heterocycles. The van der Waals surface area contributed by atoms with Crippen molar-refractivity contribution in [2.45, 2.75) is 39.9 Å².